The smallest absolute Gasteiger partial charge is 0.274 e. The first kappa shape index (κ1) is 20.8. The molecule has 0 unspecified atom stereocenters. The van der Waals surface area contributed by atoms with Crippen molar-refractivity contribution in [3.8, 4) is 11.1 Å². The fourth-order valence-corrected chi connectivity index (χ4v) is 3.55. The molecule has 1 heterocycles. The molecule has 0 radical (unpaired) electrons. The molecule has 1 fully saturated rings. The van der Waals surface area contributed by atoms with Gasteiger partial charge in [0.1, 0.15) is 11.5 Å². The first-order valence-corrected chi connectivity index (χ1v) is 10.7. The summed E-state index contributed by atoms with van der Waals surface area (Å²) in [7, 11) is 0. The van der Waals surface area contributed by atoms with Crippen LogP contribution in [0, 0.1) is 10.8 Å². The molecule has 5 N–H and O–H groups in total. The minimum Gasteiger partial charge on any atom is -0.321 e. The molecule has 156 valence electrons. The minimum absolute atomic E-state index is 0.229. The Morgan fingerprint density at radius 3 is 2.58 bits per heavy atom. The highest BCUT2D eigenvalue weighted by molar-refractivity contribution is 7.97. The summed E-state index contributed by atoms with van der Waals surface area (Å²) in [4.78, 5) is 19.6. The van der Waals surface area contributed by atoms with Gasteiger partial charge in [-0.1, -0.05) is 24.3 Å². The lowest BCUT2D eigenvalue weighted by Crippen LogP contribution is -2.31. The van der Waals surface area contributed by atoms with Crippen LogP contribution in [0.5, 0.6) is 0 Å². The summed E-state index contributed by atoms with van der Waals surface area (Å²) in [5.74, 6) is -0.0708. The number of carbonyl (C=O) groups excluding carboxylic acids is 1. The fourth-order valence-electron chi connectivity index (χ4n) is 3.25. The molecule has 31 heavy (non-hydrogen) atoms. The Kier molecular flexibility index (Phi) is 6.11. The monoisotopic (exact) mass is 430 g/mol. The molecule has 1 aromatic heterocycles. The Morgan fingerprint density at radius 2 is 1.90 bits per heavy atom. The van der Waals surface area contributed by atoms with Crippen molar-refractivity contribution in [1.82, 2.24) is 9.88 Å². The molecule has 0 spiro atoms. The molecular formula is C23H22N6OS. The van der Waals surface area contributed by atoms with Crippen LogP contribution >= 0.6 is 11.9 Å². The van der Waals surface area contributed by atoms with Crippen LogP contribution in [-0.4, -0.2) is 34.0 Å². The van der Waals surface area contributed by atoms with E-state index in [1.165, 1.54) is 18.3 Å². The van der Waals surface area contributed by atoms with E-state index in [0.717, 1.165) is 28.9 Å². The second kappa shape index (κ2) is 9.11. The van der Waals surface area contributed by atoms with Crippen molar-refractivity contribution >= 4 is 35.7 Å². The molecule has 0 saturated heterocycles. The van der Waals surface area contributed by atoms with Gasteiger partial charge in [-0.25, -0.2) is 0 Å². The zero-order chi connectivity index (χ0) is 21.8. The number of benzene rings is 2. The predicted octanol–water partition coefficient (Wildman–Crippen LogP) is 4.36. The third kappa shape index (κ3) is 4.82. The maximum Gasteiger partial charge on any atom is 0.274 e. The third-order valence-electron chi connectivity index (χ3n) is 5.05. The summed E-state index contributed by atoms with van der Waals surface area (Å²) in [6, 6.07) is 18.7. The Balaban J connectivity index is 1.50. The number of amides is 1. The molecule has 2 aromatic carbocycles. The largest absolute Gasteiger partial charge is 0.321 e. The number of rotatable bonds is 7. The first-order valence-electron chi connectivity index (χ1n) is 9.81. The van der Waals surface area contributed by atoms with Gasteiger partial charge < -0.3 is 10.2 Å². The van der Waals surface area contributed by atoms with Crippen molar-refractivity contribution < 1.29 is 4.79 Å². The Morgan fingerprint density at radius 1 is 1.13 bits per heavy atom. The second-order valence-corrected chi connectivity index (χ2v) is 7.93. The van der Waals surface area contributed by atoms with E-state index in [1.807, 2.05) is 30.3 Å². The maximum absolute atomic E-state index is 12.8. The molecule has 1 saturated carbocycles. The van der Waals surface area contributed by atoms with E-state index in [2.05, 4.69) is 10.3 Å². The molecule has 1 amide bonds. The van der Waals surface area contributed by atoms with Crippen molar-refractivity contribution in [2.75, 3.05) is 5.32 Å². The number of nitrogens with two attached hydrogens (primary N) is 1. The number of aromatic nitrogens is 1. The zero-order valence-corrected chi connectivity index (χ0v) is 17.5. The predicted molar refractivity (Wildman–Crippen MR) is 125 cm³/mol. The summed E-state index contributed by atoms with van der Waals surface area (Å²) < 4.78 is 0. The number of pyridine rings is 1. The van der Waals surface area contributed by atoms with Gasteiger partial charge in [-0.05, 0) is 72.3 Å². The van der Waals surface area contributed by atoms with E-state index >= 15 is 0 Å². The number of hydrogen-bond acceptors (Lipinski definition) is 6. The second-order valence-electron chi connectivity index (χ2n) is 7.22. The molecule has 0 aliphatic heterocycles. The average Bonchev–Trinajstić information content (AvgIpc) is 3.65. The zero-order valence-electron chi connectivity index (χ0n) is 16.7. The summed E-state index contributed by atoms with van der Waals surface area (Å²) >= 11 is 1.19. The highest BCUT2D eigenvalue weighted by Crippen LogP contribution is 2.27. The number of amidine groups is 1. The van der Waals surface area contributed by atoms with E-state index in [0.29, 0.717) is 16.9 Å². The standard InChI is InChI=1S/C23H22N6OS/c24-14-29(19-6-7-19)22(25)17-2-1-3-18(12-17)28-23(30)21-13-16(10-11-27-21)15-4-8-20(31-26)9-5-15/h1-5,8-14,19,24-25H,6-7,26H2,(H,28,30). The number of carbonyl (C=O) groups is 1. The van der Waals surface area contributed by atoms with E-state index < -0.39 is 0 Å². The fraction of sp³-hybridized carbons (Fsp3) is 0.130. The first-order chi connectivity index (χ1) is 15.1. The highest BCUT2D eigenvalue weighted by atomic mass is 32.2. The third-order valence-corrected chi connectivity index (χ3v) is 5.59. The van der Waals surface area contributed by atoms with Crippen LogP contribution in [0.25, 0.3) is 11.1 Å². The molecule has 0 bridgehead atoms. The lowest BCUT2D eigenvalue weighted by atomic mass is 10.1. The number of hydrogen-bond donors (Lipinski definition) is 4. The quantitative estimate of drug-likeness (QED) is 0.252. The van der Waals surface area contributed by atoms with Crippen LogP contribution in [0.4, 0.5) is 5.69 Å². The molecule has 1 aliphatic carbocycles. The molecule has 4 rings (SSSR count). The molecule has 0 atom stereocenters. The van der Waals surface area contributed by atoms with Gasteiger partial charge in [0.15, 0.2) is 0 Å². The molecule has 1 aliphatic rings. The van der Waals surface area contributed by atoms with Crippen LogP contribution in [0.15, 0.2) is 71.8 Å². The van der Waals surface area contributed by atoms with Gasteiger partial charge >= 0.3 is 0 Å². The molecular weight excluding hydrogens is 408 g/mol. The molecule has 3 aromatic rings. The summed E-state index contributed by atoms with van der Waals surface area (Å²) in [5.41, 5.74) is 3.37. The number of anilines is 1. The lowest BCUT2D eigenvalue weighted by molar-refractivity contribution is 0.102. The normalized spacial score (nSPS) is 12.8. The highest BCUT2D eigenvalue weighted by Gasteiger charge is 2.30. The SMILES string of the molecule is N=CN(C(=N)c1cccc(NC(=O)c2cc(-c3ccc(SN)cc3)ccn2)c1)C1CC1. The summed E-state index contributed by atoms with van der Waals surface area (Å²) in [6.45, 7) is 0. The van der Waals surface area contributed by atoms with E-state index in [9.17, 15) is 4.79 Å². The molecule has 8 heteroatoms. The van der Waals surface area contributed by atoms with Crippen LogP contribution < -0.4 is 10.5 Å². The van der Waals surface area contributed by atoms with Crippen molar-refractivity contribution in [3.05, 3.63) is 78.1 Å². The maximum atomic E-state index is 12.8. The summed E-state index contributed by atoms with van der Waals surface area (Å²) in [5, 5.41) is 24.4. The Bertz CT molecular complexity index is 1130. The van der Waals surface area contributed by atoms with Gasteiger partial charge in [0.05, 0.1) is 6.34 Å². The van der Waals surface area contributed by atoms with E-state index in [-0.39, 0.29) is 17.8 Å². The van der Waals surface area contributed by atoms with Crippen molar-refractivity contribution in [3.63, 3.8) is 0 Å². The van der Waals surface area contributed by atoms with Crippen molar-refractivity contribution in [1.29, 1.82) is 10.8 Å². The van der Waals surface area contributed by atoms with Gasteiger partial charge in [0.25, 0.3) is 5.91 Å². The van der Waals surface area contributed by atoms with E-state index in [4.69, 9.17) is 16.0 Å². The lowest BCUT2D eigenvalue weighted by Gasteiger charge is -2.19. The minimum atomic E-state index is -0.328. The topological polar surface area (TPSA) is 119 Å². The van der Waals surface area contributed by atoms with Crippen LogP contribution in [0.1, 0.15) is 28.9 Å². The van der Waals surface area contributed by atoms with Gasteiger partial charge in [0.2, 0.25) is 0 Å². The average molecular weight is 431 g/mol. The van der Waals surface area contributed by atoms with Gasteiger partial charge in [-0.15, -0.1) is 0 Å². The van der Waals surface area contributed by atoms with Gasteiger partial charge in [-0.2, -0.15) is 0 Å². The Labute approximate surface area is 184 Å². The van der Waals surface area contributed by atoms with Gasteiger partial charge in [-0.3, -0.25) is 25.7 Å². The summed E-state index contributed by atoms with van der Waals surface area (Å²) in [6.07, 6.45) is 4.78. The van der Waals surface area contributed by atoms with Crippen LogP contribution in [0.3, 0.4) is 0 Å². The van der Waals surface area contributed by atoms with Gasteiger partial charge in [0, 0.05) is 28.4 Å². The number of nitrogens with zero attached hydrogens (tertiary/aromatic N) is 2. The van der Waals surface area contributed by atoms with Crippen molar-refractivity contribution in [2.24, 2.45) is 5.14 Å². The van der Waals surface area contributed by atoms with Crippen molar-refractivity contribution in [2.45, 2.75) is 23.8 Å². The van der Waals surface area contributed by atoms with Crippen LogP contribution in [0.2, 0.25) is 0 Å². The van der Waals surface area contributed by atoms with E-state index in [1.54, 1.807) is 41.4 Å². The Hall–Kier alpha value is -3.49. The molecule has 7 nitrogen and oxygen atoms in total. The van der Waals surface area contributed by atoms with Crippen LogP contribution in [-0.2, 0) is 0 Å². The number of nitrogens with one attached hydrogen (secondary N) is 3.